The van der Waals surface area contributed by atoms with Crippen LogP contribution in [0.3, 0.4) is 0 Å². The van der Waals surface area contributed by atoms with Gasteiger partial charge in [0.1, 0.15) is 0 Å². The van der Waals surface area contributed by atoms with Gasteiger partial charge in [-0.3, -0.25) is 9.59 Å². The highest BCUT2D eigenvalue weighted by Crippen LogP contribution is 2.21. The Bertz CT molecular complexity index is 918. The number of amides is 1. The summed E-state index contributed by atoms with van der Waals surface area (Å²) in [5, 5.41) is 3.48. The molecule has 0 spiro atoms. The Morgan fingerprint density at radius 3 is 2.79 bits per heavy atom. The van der Waals surface area contributed by atoms with Crippen molar-refractivity contribution in [2.75, 3.05) is 11.1 Å². The van der Waals surface area contributed by atoms with Gasteiger partial charge in [0.05, 0.1) is 22.5 Å². The lowest BCUT2D eigenvalue weighted by Crippen LogP contribution is -2.16. The molecular formula is C18H17N3O2S. The fourth-order valence-electron chi connectivity index (χ4n) is 2.39. The molecular weight excluding hydrogens is 322 g/mol. The molecule has 0 radical (unpaired) electrons. The highest BCUT2D eigenvalue weighted by Gasteiger charge is 2.11. The summed E-state index contributed by atoms with van der Waals surface area (Å²) in [5.41, 5.74) is 4.04. The monoisotopic (exact) mass is 339 g/mol. The van der Waals surface area contributed by atoms with E-state index < -0.39 is 0 Å². The number of benzene rings is 2. The summed E-state index contributed by atoms with van der Waals surface area (Å²) >= 11 is 1.33. The van der Waals surface area contributed by atoms with Crippen LogP contribution in [-0.4, -0.2) is 27.4 Å². The van der Waals surface area contributed by atoms with E-state index in [9.17, 15) is 9.59 Å². The molecule has 24 heavy (non-hydrogen) atoms. The summed E-state index contributed by atoms with van der Waals surface area (Å²) in [7, 11) is 0. The minimum Gasteiger partial charge on any atom is -0.333 e. The number of aromatic amines is 1. The first-order valence-electron chi connectivity index (χ1n) is 7.52. The second kappa shape index (κ2) is 6.88. The standard InChI is InChI=1S/C18H17N3O2S/c1-11-7-8-15-16(9-11)21-18(20-15)24-10-17(23)19-14-6-4-3-5-13(14)12(2)22/h3-9H,10H2,1-2H3,(H,19,23)(H,20,21). The summed E-state index contributed by atoms with van der Waals surface area (Å²) < 4.78 is 0. The maximum Gasteiger partial charge on any atom is 0.234 e. The number of Topliss-reactive ketones (excluding diaryl/α,β-unsaturated/α-hetero) is 1. The van der Waals surface area contributed by atoms with Crippen molar-refractivity contribution in [3.63, 3.8) is 0 Å². The van der Waals surface area contributed by atoms with Crippen molar-refractivity contribution in [3.05, 3.63) is 53.6 Å². The van der Waals surface area contributed by atoms with Crippen LogP contribution in [0.2, 0.25) is 0 Å². The van der Waals surface area contributed by atoms with Gasteiger partial charge in [-0.05, 0) is 43.7 Å². The fraction of sp³-hybridized carbons (Fsp3) is 0.167. The number of hydrogen-bond acceptors (Lipinski definition) is 4. The summed E-state index contributed by atoms with van der Waals surface area (Å²) in [6.07, 6.45) is 0. The number of nitrogens with one attached hydrogen (secondary N) is 2. The Balaban J connectivity index is 1.66. The number of aromatic nitrogens is 2. The SMILES string of the molecule is CC(=O)c1ccccc1NC(=O)CSc1nc2ccc(C)cc2[nH]1. The van der Waals surface area contributed by atoms with E-state index in [1.165, 1.54) is 18.7 Å². The third-order valence-corrected chi connectivity index (χ3v) is 4.41. The number of carbonyl (C=O) groups excluding carboxylic acids is 2. The molecule has 0 bridgehead atoms. The first-order chi connectivity index (χ1) is 11.5. The smallest absolute Gasteiger partial charge is 0.234 e. The van der Waals surface area contributed by atoms with Gasteiger partial charge < -0.3 is 10.3 Å². The second-order valence-corrected chi connectivity index (χ2v) is 6.47. The van der Waals surface area contributed by atoms with Crippen LogP contribution in [0.1, 0.15) is 22.8 Å². The number of hydrogen-bond donors (Lipinski definition) is 2. The van der Waals surface area contributed by atoms with Crippen LogP contribution in [0.25, 0.3) is 11.0 Å². The van der Waals surface area contributed by atoms with Gasteiger partial charge in [-0.15, -0.1) is 0 Å². The molecule has 2 N–H and O–H groups in total. The molecule has 0 saturated carbocycles. The molecule has 1 amide bonds. The zero-order valence-electron chi connectivity index (χ0n) is 13.4. The van der Waals surface area contributed by atoms with E-state index in [4.69, 9.17) is 0 Å². The van der Waals surface area contributed by atoms with Gasteiger partial charge in [-0.25, -0.2) is 4.98 Å². The number of rotatable bonds is 5. The molecule has 6 heteroatoms. The summed E-state index contributed by atoms with van der Waals surface area (Å²) in [5.74, 6) is -0.0399. The number of ketones is 1. The molecule has 0 aliphatic heterocycles. The van der Waals surface area contributed by atoms with E-state index in [2.05, 4.69) is 15.3 Å². The van der Waals surface area contributed by atoms with E-state index in [0.29, 0.717) is 16.4 Å². The van der Waals surface area contributed by atoms with Gasteiger partial charge in [0.25, 0.3) is 0 Å². The number of H-pyrrole nitrogens is 1. The number of carbonyl (C=O) groups is 2. The number of fused-ring (bicyclic) bond motifs is 1. The average Bonchev–Trinajstić information content (AvgIpc) is 2.95. The minimum atomic E-state index is -0.176. The maximum atomic E-state index is 12.1. The maximum absolute atomic E-state index is 12.1. The van der Waals surface area contributed by atoms with Crippen LogP contribution in [0.5, 0.6) is 0 Å². The van der Waals surface area contributed by atoms with Crippen molar-refractivity contribution >= 4 is 40.2 Å². The van der Waals surface area contributed by atoms with Crippen LogP contribution < -0.4 is 5.32 Å². The molecule has 0 atom stereocenters. The normalized spacial score (nSPS) is 10.8. The minimum absolute atomic E-state index is 0.0776. The zero-order valence-corrected chi connectivity index (χ0v) is 14.2. The molecule has 2 aromatic carbocycles. The van der Waals surface area contributed by atoms with Crippen molar-refractivity contribution in [1.29, 1.82) is 0 Å². The van der Waals surface area contributed by atoms with E-state index in [1.54, 1.807) is 24.3 Å². The predicted molar refractivity (Wildman–Crippen MR) is 96.6 cm³/mol. The number of imidazole rings is 1. The first-order valence-corrected chi connectivity index (χ1v) is 8.50. The van der Waals surface area contributed by atoms with Crippen LogP contribution >= 0.6 is 11.8 Å². The van der Waals surface area contributed by atoms with Crippen LogP contribution in [0.15, 0.2) is 47.6 Å². The first kappa shape index (κ1) is 16.3. The Hall–Kier alpha value is -2.60. The van der Waals surface area contributed by atoms with Gasteiger partial charge in [0.15, 0.2) is 10.9 Å². The molecule has 0 saturated heterocycles. The Kier molecular flexibility index (Phi) is 4.66. The quantitative estimate of drug-likeness (QED) is 0.547. The lowest BCUT2D eigenvalue weighted by atomic mass is 10.1. The van der Waals surface area contributed by atoms with E-state index in [0.717, 1.165) is 16.6 Å². The van der Waals surface area contributed by atoms with Crippen LogP contribution in [-0.2, 0) is 4.79 Å². The van der Waals surface area contributed by atoms with Gasteiger partial charge in [-0.1, -0.05) is 30.0 Å². The molecule has 3 rings (SSSR count). The summed E-state index contributed by atoms with van der Waals surface area (Å²) in [6, 6.07) is 13.0. The molecule has 0 aliphatic rings. The largest absolute Gasteiger partial charge is 0.333 e. The highest BCUT2D eigenvalue weighted by atomic mass is 32.2. The zero-order chi connectivity index (χ0) is 17.1. The van der Waals surface area contributed by atoms with Crippen molar-refractivity contribution < 1.29 is 9.59 Å². The van der Waals surface area contributed by atoms with Crippen molar-refractivity contribution in [2.45, 2.75) is 19.0 Å². The van der Waals surface area contributed by atoms with Crippen molar-refractivity contribution in [1.82, 2.24) is 9.97 Å². The lowest BCUT2D eigenvalue weighted by molar-refractivity contribution is -0.113. The van der Waals surface area contributed by atoms with E-state index >= 15 is 0 Å². The third kappa shape index (κ3) is 3.65. The molecule has 0 unspecified atom stereocenters. The number of para-hydroxylation sites is 1. The topological polar surface area (TPSA) is 74.8 Å². The highest BCUT2D eigenvalue weighted by molar-refractivity contribution is 7.99. The molecule has 1 aromatic heterocycles. The van der Waals surface area contributed by atoms with Gasteiger partial charge in [0.2, 0.25) is 5.91 Å². The Morgan fingerprint density at radius 2 is 2.00 bits per heavy atom. The van der Waals surface area contributed by atoms with Crippen LogP contribution in [0, 0.1) is 6.92 Å². The molecule has 3 aromatic rings. The van der Waals surface area contributed by atoms with Crippen molar-refractivity contribution in [3.8, 4) is 0 Å². The van der Waals surface area contributed by atoms with E-state index in [-0.39, 0.29) is 17.4 Å². The number of anilines is 1. The van der Waals surface area contributed by atoms with Gasteiger partial charge in [0, 0.05) is 5.56 Å². The number of nitrogens with zero attached hydrogens (tertiary/aromatic N) is 1. The lowest BCUT2D eigenvalue weighted by Gasteiger charge is -2.08. The van der Waals surface area contributed by atoms with Gasteiger partial charge >= 0.3 is 0 Å². The molecule has 0 aliphatic carbocycles. The Morgan fingerprint density at radius 1 is 1.21 bits per heavy atom. The Labute approximate surface area is 143 Å². The molecule has 122 valence electrons. The summed E-state index contributed by atoms with van der Waals surface area (Å²) in [6.45, 7) is 3.50. The average molecular weight is 339 g/mol. The van der Waals surface area contributed by atoms with Gasteiger partial charge in [-0.2, -0.15) is 0 Å². The molecule has 0 fully saturated rings. The molecule has 1 heterocycles. The summed E-state index contributed by atoms with van der Waals surface area (Å²) in [4.78, 5) is 31.4. The van der Waals surface area contributed by atoms with Crippen molar-refractivity contribution in [2.24, 2.45) is 0 Å². The molecule has 5 nitrogen and oxygen atoms in total. The third-order valence-electron chi connectivity index (χ3n) is 3.54. The number of aryl methyl sites for hydroxylation is 1. The van der Waals surface area contributed by atoms with Crippen LogP contribution in [0.4, 0.5) is 5.69 Å². The predicted octanol–water partition coefficient (Wildman–Crippen LogP) is 3.80. The fourth-order valence-corrected chi connectivity index (χ4v) is 3.07. The van der Waals surface area contributed by atoms with E-state index in [1.807, 2.05) is 25.1 Å². The second-order valence-electron chi connectivity index (χ2n) is 5.50. The number of thioether (sulfide) groups is 1.